The van der Waals surface area contributed by atoms with Gasteiger partial charge in [-0.2, -0.15) is 12.6 Å². The molecule has 10 heteroatoms. The van der Waals surface area contributed by atoms with Gasteiger partial charge in [-0.1, -0.05) is 48.0 Å². The number of rotatable bonds is 10. The van der Waals surface area contributed by atoms with Gasteiger partial charge in [-0.15, -0.1) is 0 Å². The largest absolute Gasteiger partial charge is 0.393 e. The molecule has 19 atom stereocenters. The fourth-order valence-corrected chi connectivity index (χ4v) is 9.32. The van der Waals surface area contributed by atoms with Crippen LogP contribution in [0.2, 0.25) is 0 Å². The van der Waals surface area contributed by atoms with Gasteiger partial charge in [-0.05, 0) is 55.3 Å². The van der Waals surface area contributed by atoms with Crippen LogP contribution in [0.25, 0.3) is 0 Å². The molecule has 0 radical (unpaired) electrons. The Balaban J connectivity index is 1.29. The first-order valence-corrected chi connectivity index (χ1v) is 16.6. The quantitative estimate of drug-likeness (QED) is 0.164. The first-order valence-electron chi connectivity index (χ1n) is 16.0. The highest BCUT2D eigenvalue weighted by Crippen LogP contribution is 2.64. The van der Waals surface area contributed by atoms with E-state index in [2.05, 4.69) is 40.3 Å². The fourth-order valence-electron chi connectivity index (χ4n) is 9.03. The van der Waals surface area contributed by atoms with E-state index in [1.807, 2.05) is 6.92 Å². The van der Waals surface area contributed by atoms with Gasteiger partial charge in [-0.25, -0.2) is 0 Å². The van der Waals surface area contributed by atoms with Crippen LogP contribution in [0.5, 0.6) is 0 Å². The Kier molecular flexibility index (Phi) is 9.80. The summed E-state index contributed by atoms with van der Waals surface area (Å²) in [4.78, 5) is 0. The second-order valence-electron chi connectivity index (χ2n) is 14.2. The monoisotopic (exact) mass is 602 g/mol. The molecule has 3 heterocycles. The number of hydrogen-bond donors (Lipinski definition) is 6. The molecular formula is C31H54O9S. The lowest BCUT2D eigenvalue weighted by molar-refractivity contribution is -0.296. The number of epoxide rings is 1. The summed E-state index contributed by atoms with van der Waals surface area (Å²) in [5.41, 5.74) is -0.262. The minimum absolute atomic E-state index is 0.0669. The summed E-state index contributed by atoms with van der Waals surface area (Å²) >= 11 is 4.48. The van der Waals surface area contributed by atoms with Gasteiger partial charge >= 0.3 is 0 Å². The molecule has 41 heavy (non-hydrogen) atoms. The summed E-state index contributed by atoms with van der Waals surface area (Å²) in [5, 5.41) is 55.5. The van der Waals surface area contributed by atoms with Crippen LogP contribution in [0, 0.1) is 40.9 Å². The van der Waals surface area contributed by atoms with Crippen LogP contribution in [0.1, 0.15) is 73.6 Å². The van der Waals surface area contributed by atoms with E-state index >= 15 is 0 Å². The molecule has 0 spiro atoms. The molecule has 2 saturated carbocycles. The highest BCUT2D eigenvalue weighted by atomic mass is 32.1. The van der Waals surface area contributed by atoms with Crippen LogP contribution >= 0.6 is 12.6 Å². The molecule has 5 aliphatic rings. The van der Waals surface area contributed by atoms with Crippen LogP contribution in [-0.4, -0.2) is 105 Å². The Morgan fingerprint density at radius 2 is 1.56 bits per heavy atom. The van der Waals surface area contributed by atoms with Crippen LogP contribution in [0.15, 0.2) is 0 Å². The molecule has 3 aliphatic heterocycles. The number of ether oxygens (including phenoxy) is 4. The average Bonchev–Trinajstić information content (AvgIpc) is 3.62. The predicted octanol–water partition coefficient (Wildman–Crippen LogP) is 2.15. The number of thiol groups is 1. The van der Waals surface area contributed by atoms with Gasteiger partial charge in [0.15, 0.2) is 6.29 Å². The molecule has 3 saturated heterocycles. The lowest BCUT2D eigenvalue weighted by atomic mass is 9.54. The van der Waals surface area contributed by atoms with Crippen molar-refractivity contribution in [2.45, 2.75) is 147 Å². The lowest BCUT2D eigenvalue weighted by Gasteiger charge is -2.50. The third kappa shape index (κ3) is 5.55. The van der Waals surface area contributed by atoms with Crippen molar-refractivity contribution in [2.75, 3.05) is 5.75 Å². The summed E-state index contributed by atoms with van der Waals surface area (Å²) in [6, 6.07) is 0. The minimum Gasteiger partial charge on any atom is -0.393 e. The average molecular weight is 603 g/mol. The fraction of sp³-hybridized carbons (Fsp3) is 1.00. The zero-order chi connectivity index (χ0) is 30.0. The van der Waals surface area contributed by atoms with Crippen molar-refractivity contribution in [3.8, 4) is 0 Å². The molecule has 5 fully saturated rings. The minimum atomic E-state index is -1.00. The molecule has 5 rings (SSSR count). The SMILES string of the molecule is CCC1OC(OC2[C@@H](CS)O[C@@H](CC3C(O)C(C)CC(C)C3CC(O)C3(C)C(CC)C4OC43)[C@H]2O)C(C)C(O)C1O. The van der Waals surface area contributed by atoms with Crippen molar-refractivity contribution in [1.29, 1.82) is 0 Å². The van der Waals surface area contributed by atoms with Crippen LogP contribution in [-0.2, 0) is 18.9 Å². The van der Waals surface area contributed by atoms with Crippen molar-refractivity contribution in [3.63, 3.8) is 0 Å². The molecule has 9 nitrogen and oxygen atoms in total. The highest BCUT2D eigenvalue weighted by molar-refractivity contribution is 7.80. The van der Waals surface area contributed by atoms with E-state index in [4.69, 9.17) is 18.9 Å². The van der Waals surface area contributed by atoms with E-state index in [0.717, 1.165) is 12.8 Å². The van der Waals surface area contributed by atoms with E-state index in [9.17, 15) is 25.5 Å². The second-order valence-corrected chi connectivity index (χ2v) is 14.5. The first kappa shape index (κ1) is 32.4. The molecule has 0 aromatic carbocycles. The molecule has 16 unspecified atom stereocenters. The summed E-state index contributed by atoms with van der Waals surface area (Å²) in [6.07, 6.45) is -3.44. The zero-order valence-electron chi connectivity index (χ0n) is 25.5. The Bertz CT molecular complexity index is 894. The zero-order valence-corrected chi connectivity index (χ0v) is 26.3. The van der Waals surface area contributed by atoms with Gasteiger partial charge in [0.05, 0.1) is 48.8 Å². The Labute approximate surface area is 250 Å². The third-order valence-corrected chi connectivity index (χ3v) is 12.2. The first-order chi connectivity index (χ1) is 19.4. The Hall–Kier alpha value is -0.0100. The van der Waals surface area contributed by atoms with Crippen LogP contribution in [0.3, 0.4) is 0 Å². The third-order valence-electron chi connectivity index (χ3n) is 11.9. The standard InChI is InChI=1S/C31H54O9S/c1-7-18-27-29(39-27)31(18,6)22(32)11-16-13(3)9-14(4)23(33)17(16)10-20-26(36)28(21(12-41)37-20)40-30-15(5)24(34)25(35)19(8-2)38-30/h13-30,32-36,41H,7-12H2,1-6H3/t13?,14?,15?,16?,17?,18?,19?,20-,21+,22?,23?,24?,25?,26+,27?,28?,29?,30?,31?/m0/s1. The maximum atomic E-state index is 11.6. The predicted molar refractivity (Wildman–Crippen MR) is 155 cm³/mol. The summed E-state index contributed by atoms with van der Waals surface area (Å²) in [7, 11) is 0. The number of fused-ring (bicyclic) bond motifs is 1. The lowest BCUT2D eigenvalue weighted by Crippen LogP contribution is -2.56. The normalized spacial score (nSPS) is 55.8. The van der Waals surface area contributed by atoms with Crippen molar-refractivity contribution in [2.24, 2.45) is 40.9 Å². The van der Waals surface area contributed by atoms with Gasteiger partial charge in [0.1, 0.15) is 18.3 Å². The molecule has 2 aliphatic carbocycles. The summed E-state index contributed by atoms with van der Waals surface area (Å²) in [6.45, 7) is 12.2. The Morgan fingerprint density at radius 3 is 2.20 bits per heavy atom. The van der Waals surface area contributed by atoms with Crippen molar-refractivity contribution in [1.82, 2.24) is 0 Å². The molecule has 5 N–H and O–H groups in total. The molecule has 238 valence electrons. The van der Waals surface area contributed by atoms with Gasteiger partial charge in [-0.3, -0.25) is 0 Å². The molecular weight excluding hydrogens is 548 g/mol. The van der Waals surface area contributed by atoms with Crippen molar-refractivity contribution < 1.29 is 44.5 Å². The van der Waals surface area contributed by atoms with E-state index in [1.54, 1.807) is 6.92 Å². The van der Waals surface area contributed by atoms with Crippen LogP contribution in [0.4, 0.5) is 0 Å². The molecule has 0 amide bonds. The topological polar surface area (TPSA) is 141 Å². The summed E-state index contributed by atoms with van der Waals surface area (Å²) in [5.74, 6) is 0.489. The van der Waals surface area contributed by atoms with E-state index in [0.29, 0.717) is 36.9 Å². The van der Waals surface area contributed by atoms with Crippen molar-refractivity contribution in [3.05, 3.63) is 0 Å². The van der Waals surface area contributed by atoms with E-state index < -0.39 is 67.1 Å². The highest BCUT2D eigenvalue weighted by Gasteiger charge is 2.72. The van der Waals surface area contributed by atoms with E-state index in [1.165, 1.54) is 0 Å². The molecule has 0 aromatic heterocycles. The maximum Gasteiger partial charge on any atom is 0.163 e. The van der Waals surface area contributed by atoms with Crippen LogP contribution < -0.4 is 0 Å². The van der Waals surface area contributed by atoms with Gasteiger partial charge in [0, 0.05) is 17.1 Å². The molecule has 0 bridgehead atoms. The maximum absolute atomic E-state index is 11.6. The van der Waals surface area contributed by atoms with Crippen molar-refractivity contribution >= 4 is 12.6 Å². The van der Waals surface area contributed by atoms with E-state index in [-0.39, 0.29) is 35.4 Å². The molecule has 0 aromatic rings. The van der Waals surface area contributed by atoms with Gasteiger partial charge < -0.3 is 44.5 Å². The van der Waals surface area contributed by atoms with Gasteiger partial charge in [0.25, 0.3) is 0 Å². The number of aliphatic hydroxyl groups is 5. The smallest absolute Gasteiger partial charge is 0.163 e. The Morgan fingerprint density at radius 1 is 0.854 bits per heavy atom. The number of aliphatic hydroxyl groups excluding tert-OH is 5. The van der Waals surface area contributed by atoms with Gasteiger partial charge in [0.2, 0.25) is 0 Å². The summed E-state index contributed by atoms with van der Waals surface area (Å²) < 4.78 is 24.5. The second kappa shape index (κ2) is 12.4. The number of hydrogen-bond acceptors (Lipinski definition) is 10.